The van der Waals surface area contributed by atoms with Gasteiger partial charge in [0.1, 0.15) is 0 Å². The van der Waals surface area contributed by atoms with Crippen LogP contribution in [-0.2, 0) is 6.42 Å². The van der Waals surface area contributed by atoms with Gasteiger partial charge in [-0.2, -0.15) is 0 Å². The second-order valence-electron chi connectivity index (χ2n) is 6.87. The lowest BCUT2D eigenvalue weighted by molar-refractivity contribution is 0.0988. The van der Waals surface area contributed by atoms with Gasteiger partial charge in [0, 0.05) is 30.2 Å². The molecule has 4 nitrogen and oxygen atoms in total. The minimum Gasteiger partial charge on any atom is -0.337 e. The van der Waals surface area contributed by atoms with E-state index < -0.39 is 0 Å². The van der Waals surface area contributed by atoms with Gasteiger partial charge in [-0.3, -0.25) is 9.78 Å². The van der Waals surface area contributed by atoms with Gasteiger partial charge < -0.3 is 9.80 Å². The van der Waals surface area contributed by atoms with Crippen LogP contribution < -0.4 is 9.80 Å². The highest BCUT2D eigenvalue weighted by Crippen LogP contribution is 2.38. The summed E-state index contributed by atoms with van der Waals surface area (Å²) in [6, 6.07) is 20.5. The smallest absolute Gasteiger partial charge is 0.259 e. The van der Waals surface area contributed by atoms with Crippen LogP contribution in [0.3, 0.4) is 0 Å². The van der Waals surface area contributed by atoms with Gasteiger partial charge in [-0.1, -0.05) is 36.4 Å². The van der Waals surface area contributed by atoms with E-state index in [2.05, 4.69) is 41.1 Å². The summed E-state index contributed by atoms with van der Waals surface area (Å²) in [6.07, 6.45) is 4.50. The third kappa shape index (κ3) is 3.19. The summed E-state index contributed by atoms with van der Waals surface area (Å²) in [5, 5.41) is 0. The molecule has 0 aliphatic carbocycles. The van der Waals surface area contributed by atoms with Gasteiger partial charge >= 0.3 is 0 Å². The number of nitrogens with zero attached hydrogens (tertiary/aromatic N) is 3. The van der Waals surface area contributed by atoms with Crippen LogP contribution in [0.15, 0.2) is 73.1 Å². The number of para-hydroxylation sites is 2. The summed E-state index contributed by atoms with van der Waals surface area (Å²) < 4.78 is 0. The minimum absolute atomic E-state index is 0.0295. The molecule has 0 N–H and O–H groups in total. The maximum absolute atomic E-state index is 13.1. The normalized spacial score (nSPS) is 15.5. The predicted octanol–water partition coefficient (Wildman–Crippen LogP) is 4.83. The first-order valence-electron chi connectivity index (χ1n) is 9.38. The number of fused-ring (bicyclic) bond motifs is 1. The molecule has 0 spiro atoms. The van der Waals surface area contributed by atoms with E-state index in [-0.39, 0.29) is 5.91 Å². The Hall–Kier alpha value is -3.14. The molecule has 0 saturated heterocycles. The van der Waals surface area contributed by atoms with Crippen molar-refractivity contribution in [2.24, 2.45) is 0 Å². The van der Waals surface area contributed by atoms with Gasteiger partial charge in [-0.05, 0) is 50.1 Å². The van der Waals surface area contributed by atoms with Crippen molar-refractivity contribution in [3.8, 4) is 0 Å². The van der Waals surface area contributed by atoms with Gasteiger partial charge in [0.2, 0.25) is 0 Å². The molecular weight excluding hydrogens is 334 g/mol. The van der Waals surface area contributed by atoms with E-state index in [0.29, 0.717) is 18.2 Å². The Morgan fingerprint density at radius 2 is 1.85 bits per heavy atom. The molecule has 1 aliphatic heterocycles. The number of pyridine rings is 1. The number of amides is 1. The van der Waals surface area contributed by atoms with E-state index in [4.69, 9.17) is 0 Å². The third-order valence-electron chi connectivity index (χ3n) is 5.09. The van der Waals surface area contributed by atoms with Gasteiger partial charge in [-0.25, -0.2) is 0 Å². The van der Waals surface area contributed by atoms with Gasteiger partial charge in [-0.15, -0.1) is 0 Å². The van der Waals surface area contributed by atoms with Crippen LogP contribution in [0.5, 0.6) is 0 Å². The number of rotatable bonds is 4. The van der Waals surface area contributed by atoms with Crippen LogP contribution >= 0.6 is 0 Å². The zero-order chi connectivity index (χ0) is 18.8. The molecule has 0 bridgehead atoms. The second kappa shape index (κ2) is 7.23. The molecule has 3 aromatic rings. The van der Waals surface area contributed by atoms with Crippen molar-refractivity contribution in [3.63, 3.8) is 0 Å². The molecule has 4 rings (SSSR count). The molecule has 1 aromatic heterocycles. The fourth-order valence-electron chi connectivity index (χ4n) is 3.84. The summed E-state index contributed by atoms with van der Waals surface area (Å²) in [4.78, 5) is 21.6. The predicted molar refractivity (Wildman–Crippen MR) is 110 cm³/mol. The molecule has 0 fully saturated rings. The van der Waals surface area contributed by atoms with E-state index >= 15 is 0 Å². The van der Waals surface area contributed by atoms with Crippen LogP contribution in [0, 0.1) is 0 Å². The van der Waals surface area contributed by atoms with Gasteiger partial charge in [0.25, 0.3) is 5.91 Å². The summed E-state index contributed by atoms with van der Waals surface area (Å²) in [5.41, 5.74) is 5.00. The number of hydrogen-bond acceptors (Lipinski definition) is 3. The number of aromatic nitrogens is 1. The Kier molecular flexibility index (Phi) is 4.63. The number of anilines is 3. The van der Waals surface area contributed by atoms with E-state index in [1.807, 2.05) is 49.5 Å². The summed E-state index contributed by atoms with van der Waals surface area (Å²) in [5.74, 6) is -0.0295. The first-order chi connectivity index (χ1) is 13.2. The van der Waals surface area contributed by atoms with Crippen molar-refractivity contribution in [3.05, 3.63) is 84.2 Å². The SMILES string of the molecule is CCN(C(=O)c1cncc(N2c3ccccc3CC2C)c1)c1ccccc1. The maximum Gasteiger partial charge on any atom is 0.259 e. The molecule has 0 radical (unpaired) electrons. The molecule has 2 aromatic carbocycles. The van der Waals surface area contributed by atoms with Crippen LogP contribution in [0.4, 0.5) is 17.1 Å². The fourth-order valence-corrected chi connectivity index (χ4v) is 3.84. The Balaban J connectivity index is 1.68. The molecule has 0 saturated carbocycles. The van der Waals surface area contributed by atoms with Crippen LogP contribution in [0.1, 0.15) is 29.8 Å². The van der Waals surface area contributed by atoms with Crippen molar-refractivity contribution >= 4 is 23.0 Å². The van der Waals surface area contributed by atoms with Crippen LogP contribution in [-0.4, -0.2) is 23.5 Å². The molecule has 1 amide bonds. The molecule has 27 heavy (non-hydrogen) atoms. The van der Waals surface area contributed by atoms with Crippen molar-refractivity contribution in [1.29, 1.82) is 0 Å². The maximum atomic E-state index is 13.1. The van der Waals surface area contributed by atoms with Gasteiger partial charge in [0.15, 0.2) is 0 Å². The van der Waals surface area contributed by atoms with Crippen LogP contribution in [0.2, 0.25) is 0 Å². The van der Waals surface area contributed by atoms with Crippen molar-refractivity contribution in [2.45, 2.75) is 26.3 Å². The van der Waals surface area contributed by atoms with Crippen molar-refractivity contribution in [1.82, 2.24) is 4.98 Å². The van der Waals surface area contributed by atoms with Crippen molar-refractivity contribution < 1.29 is 4.79 Å². The first kappa shape index (κ1) is 17.3. The Morgan fingerprint density at radius 3 is 2.63 bits per heavy atom. The highest BCUT2D eigenvalue weighted by atomic mass is 16.2. The average Bonchev–Trinajstić information content (AvgIpc) is 3.05. The molecule has 1 atom stereocenters. The summed E-state index contributed by atoms with van der Waals surface area (Å²) in [7, 11) is 0. The highest BCUT2D eigenvalue weighted by molar-refractivity contribution is 6.06. The largest absolute Gasteiger partial charge is 0.337 e. The highest BCUT2D eigenvalue weighted by Gasteiger charge is 2.27. The number of carbonyl (C=O) groups is 1. The number of carbonyl (C=O) groups excluding carboxylic acids is 1. The van der Waals surface area contributed by atoms with Crippen LogP contribution in [0.25, 0.3) is 0 Å². The zero-order valence-corrected chi connectivity index (χ0v) is 15.7. The first-order valence-corrected chi connectivity index (χ1v) is 9.38. The number of benzene rings is 2. The fraction of sp³-hybridized carbons (Fsp3) is 0.217. The Labute approximate surface area is 160 Å². The molecule has 136 valence electrons. The lowest BCUT2D eigenvalue weighted by Crippen LogP contribution is -2.31. The van der Waals surface area contributed by atoms with E-state index in [1.165, 1.54) is 11.3 Å². The van der Waals surface area contributed by atoms with E-state index in [1.54, 1.807) is 11.1 Å². The van der Waals surface area contributed by atoms with E-state index in [9.17, 15) is 4.79 Å². The van der Waals surface area contributed by atoms with E-state index in [0.717, 1.165) is 17.8 Å². The van der Waals surface area contributed by atoms with Crippen molar-refractivity contribution in [2.75, 3.05) is 16.3 Å². The molecule has 1 unspecified atom stereocenters. The molecular formula is C23H23N3O. The summed E-state index contributed by atoms with van der Waals surface area (Å²) >= 11 is 0. The Bertz CT molecular complexity index is 955. The standard InChI is InChI=1S/C23H23N3O/c1-3-25(20-10-5-4-6-11-20)23(27)19-14-21(16-24-15-19)26-17(2)13-18-9-7-8-12-22(18)26/h4-12,14-17H,3,13H2,1-2H3. The monoisotopic (exact) mass is 357 g/mol. The second-order valence-corrected chi connectivity index (χ2v) is 6.87. The Morgan fingerprint density at radius 1 is 1.11 bits per heavy atom. The zero-order valence-electron chi connectivity index (χ0n) is 15.7. The quantitative estimate of drug-likeness (QED) is 0.671. The lowest BCUT2D eigenvalue weighted by Gasteiger charge is -2.26. The topological polar surface area (TPSA) is 36.4 Å². The molecule has 1 aliphatic rings. The lowest BCUT2D eigenvalue weighted by atomic mass is 10.1. The molecule has 2 heterocycles. The minimum atomic E-state index is -0.0295. The number of hydrogen-bond donors (Lipinski definition) is 0. The molecule has 4 heteroatoms. The summed E-state index contributed by atoms with van der Waals surface area (Å²) in [6.45, 7) is 4.80. The average molecular weight is 357 g/mol. The van der Waals surface area contributed by atoms with Gasteiger partial charge in [0.05, 0.1) is 17.4 Å². The third-order valence-corrected chi connectivity index (χ3v) is 5.09.